The number of carbonyl (C=O) groups excluding carboxylic acids is 1. The molecule has 0 bridgehead atoms. The van der Waals surface area contributed by atoms with Crippen molar-refractivity contribution in [3.8, 4) is 0 Å². The van der Waals surface area contributed by atoms with Crippen molar-refractivity contribution in [2.75, 3.05) is 18.4 Å². The van der Waals surface area contributed by atoms with Crippen LogP contribution in [0.2, 0.25) is 5.02 Å². The number of rotatable bonds is 4. The molecule has 2 rings (SSSR count). The number of nitrogens with one attached hydrogen (secondary N) is 2. The molecule has 5 heteroatoms. The lowest BCUT2D eigenvalue weighted by molar-refractivity contribution is -0.127. The fourth-order valence-electron chi connectivity index (χ4n) is 2.96. The summed E-state index contributed by atoms with van der Waals surface area (Å²) in [5, 5.41) is 7.09. The average Bonchev–Trinajstić information content (AvgIpc) is 2.46. The largest absolute Gasteiger partial charge is 0.324 e. The van der Waals surface area contributed by atoms with Crippen LogP contribution in [0.1, 0.15) is 38.2 Å². The summed E-state index contributed by atoms with van der Waals surface area (Å²) < 4.78 is 0.869. The van der Waals surface area contributed by atoms with Gasteiger partial charge in [0.25, 0.3) is 0 Å². The summed E-state index contributed by atoms with van der Waals surface area (Å²) in [6.45, 7) is 5.83. The van der Waals surface area contributed by atoms with Crippen molar-refractivity contribution >= 4 is 39.1 Å². The smallest absolute Gasteiger partial charge is 0.231 e. The van der Waals surface area contributed by atoms with Gasteiger partial charge in [-0.3, -0.25) is 4.79 Å². The molecule has 1 unspecified atom stereocenters. The molecule has 1 aliphatic rings. The van der Waals surface area contributed by atoms with E-state index in [0.717, 1.165) is 54.5 Å². The molecule has 0 aromatic heterocycles. The summed E-state index contributed by atoms with van der Waals surface area (Å²) in [7, 11) is 0. The SMILES string of the molecule is CCCC1(C(=O)Nc2cc(Cl)c(C)cc2Br)CCCNC1. The number of benzene rings is 1. The van der Waals surface area contributed by atoms with Crippen LogP contribution in [0.4, 0.5) is 5.69 Å². The predicted molar refractivity (Wildman–Crippen MR) is 92.0 cm³/mol. The number of halogens is 2. The molecule has 3 nitrogen and oxygen atoms in total. The van der Waals surface area contributed by atoms with Crippen molar-refractivity contribution in [3.63, 3.8) is 0 Å². The van der Waals surface area contributed by atoms with Crippen LogP contribution >= 0.6 is 27.5 Å². The number of anilines is 1. The summed E-state index contributed by atoms with van der Waals surface area (Å²) in [4.78, 5) is 12.8. The Morgan fingerprint density at radius 3 is 2.90 bits per heavy atom. The quantitative estimate of drug-likeness (QED) is 0.814. The molecule has 1 aromatic rings. The number of hydrogen-bond acceptors (Lipinski definition) is 2. The van der Waals surface area contributed by atoms with Crippen molar-refractivity contribution in [2.45, 2.75) is 39.5 Å². The number of hydrogen-bond donors (Lipinski definition) is 2. The molecule has 1 aromatic carbocycles. The van der Waals surface area contributed by atoms with Crippen LogP contribution in [-0.4, -0.2) is 19.0 Å². The van der Waals surface area contributed by atoms with E-state index < -0.39 is 0 Å². The van der Waals surface area contributed by atoms with E-state index in [1.54, 1.807) is 0 Å². The Morgan fingerprint density at radius 1 is 1.52 bits per heavy atom. The lowest BCUT2D eigenvalue weighted by Gasteiger charge is -2.36. The van der Waals surface area contributed by atoms with Crippen molar-refractivity contribution in [2.24, 2.45) is 5.41 Å². The highest BCUT2D eigenvalue weighted by molar-refractivity contribution is 9.10. The van der Waals surface area contributed by atoms with Gasteiger partial charge in [0.2, 0.25) is 5.91 Å². The maximum atomic E-state index is 12.8. The first kappa shape index (κ1) is 16.8. The zero-order valence-corrected chi connectivity index (χ0v) is 14.9. The molecular formula is C16H22BrClN2O. The first-order valence-electron chi connectivity index (χ1n) is 7.46. The zero-order valence-electron chi connectivity index (χ0n) is 12.6. The van der Waals surface area contributed by atoms with E-state index in [2.05, 4.69) is 33.5 Å². The second kappa shape index (κ2) is 7.12. The van der Waals surface area contributed by atoms with E-state index >= 15 is 0 Å². The fourth-order valence-corrected chi connectivity index (χ4v) is 3.68. The molecular weight excluding hydrogens is 352 g/mol. The van der Waals surface area contributed by atoms with E-state index in [0.29, 0.717) is 5.02 Å². The molecule has 1 fully saturated rings. The predicted octanol–water partition coefficient (Wildman–Crippen LogP) is 4.52. The Labute approximate surface area is 140 Å². The van der Waals surface area contributed by atoms with Gasteiger partial charge >= 0.3 is 0 Å². The van der Waals surface area contributed by atoms with Crippen molar-refractivity contribution < 1.29 is 4.79 Å². The molecule has 0 spiro atoms. The number of carbonyl (C=O) groups is 1. The van der Waals surface area contributed by atoms with Gasteiger partial charge in [-0.1, -0.05) is 24.9 Å². The van der Waals surface area contributed by atoms with Crippen molar-refractivity contribution in [1.82, 2.24) is 5.32 Å². The van der Waals surface area contributed by atoms with E-state index in [1.807, 2.05) is 19.1 Å². The average molecular weight is 374 g/mol. The third-order valence-electron chi connectivity index (χ3n) is 4.18. The molecule has 1 heterocycles. The lowest BCUT2D eigenvalue weighted by atomic mass is 9.76. The maximum absolute atomic E-state index is 12.8. The van der Waals surface area contributed by atoms with Crippen LogP contribution in [0.5, 0.6) is 0 Å². The van der Waals surface area contributed by atoms with Gasteiger partial charge in [0.15, 0.2) is 0 Å². The van der Waals surface area contributed by atoms with Crippen LogP contribution in [0.15, 0.2) is 16.6 Å². The van der Waals surface area contributed by atoms with Gasteiger partial charge in [0.1, 0.15) is 0 Å². The molecule has 21 heavy (non-hydrogen) atoms. The second-order valence-corrected chi connectivity index (χ2v) is 7.11. The van der Waals surface area contributed by atoms with Crippen LogP contribution in [-0.2, 0) is 4.79 Å². The minimum Gasteiger partial charge on any atom is -0.324 e. The fraction of sp³-hybridized carbons (Fsp3) is 0.562. The van der Waals surface area contributed by atoms with E-state index in [-0.39, 0.29) is 11.3 Å². The van der Waals surface area contributed by atoms with Gasteiger partial charge in [-0.15, -0.1) is 0 Å². The first-order valence-corrected chi connectivity index (χ1v) is 8.63. The summed E-state index contributed by atoms with van der Waals surface area (Å²) in [6, 6.07) is 3.75. The standard InChI is InChI=1S/C16H22BrClN2O/c1-3-5-16(6-4-7-19-10-16)15(21)20-14-9-13(18)11(2)8-12(14)17/h8-9,19H,3-7,10H2,1-2H3,(H,20,21). The molecule has 1 amide bonds. The topological polar surface area (TPSA) is 41.1 Å². The summed E-state index contributed by atoms with van der Waals surface area (Å²) in [5.41, 5.74) is 1.44. The first-order chi connectivity index (χ1) is 9.98. The Kier molecular flexibility index (Phi) is 5.69. The third kappa shape index (κ3) is 3.79. The molecule has 1 saturated heterocycles. The number of aryl methyl sites for hydroxylation is 1. The maximum Gasteiger partial charge on any atom is 0.231 e. The molecule has 0 saturated carbocycles. The second-order valence-electron chi connectivity index (χ2n) is 5.85. The molecule has 116 valence electrons. The van der Waals surface area contributed by atoms with Crippen LogP contribution < -0.4 is 10.6 Å². The molecule has 1 atom stereocenters. The van der Waals surface area contributed by atoms with E-state index in [1.165, 1.54) is 0 Å². The Hall–Kier alpha value is -0.580. The highest BCUT2D eigenvalue weighted by Crippen LogP contribution is 2.35. The minimum absolute atomic E-state index is 0.0946. The van der Waals surface area contributed by atoms with Gasteiger partial charge in [-0.05, 0) is 66.4 Å². The third-order valence-corrected chi connectivity index (χ3v) is 5.24. The van der Waals surface area contributed by atoms with Gasteiger partial charge in [-0.2, -0.15) is 0 Å². The van der Waals surface area contributed by atoms with Crippen LogP contribution in [0, 0.1) is 12.3 Å². The van der Waals surface area contributed by atoms with Crippen molar-refractivity contribution in [3.05, 3.63) is 27.2 Å². The minimum atomic E-state index is -0.302. The number of amides is 1. The summed E-state index contributed by atoms with van der Waals surface area (Å²) in [5.74, 6) is 0.0946. The molecule has 1 aliphatic heterocycles. The Morgan fingerprint density at radius 2 is 2.29 bits per heavy atom. The highest BCUT2D eigenvalue weighted by atomic mass is 79.9. The monoisotopic (exact) mass is 372 g/mol. The van der Waals surface area contributed by atoms with Gasteiger partial charge in [-0.25, -0.2) is 0 Å². The van der Waals surface area contributed by atoms with E-state index in [9.17, 15) is 4.79 Å². The van der Waals surface area contributed by atoms with Gasteiger partial charge in [0.05, 0.1) is 11.1 Å². The van der Waals surface area contributed by atoms with Crippen LogP contribution in [0.3, 0.4) is 0 Å². The lowest BCUT2D eigenvalue weighted by Crippen LogP contribution is -2.48. The molecule has 2 N–H and O–H groups in total. The normalized spacial score (nSPS) is 22.1. The van der Waals surface area contributed by atoms with Crippen LogP contribution in [0.25, 0.3) is 0 Å². The Balaban J connectivity index is 2.21. The van der Waals surface area contributed by atoms with E-state index in [4.69, 9.17) is 11.6 Å². The molecule has 0 radical (unpaired) electrons. The zero-order chi connectivity index (χ0) is 15.5. The Bertz CT molecular complexity index is 522. The summed E-state index contributed by atoms with van der Waals surface area (Å²) >= 11 is 9.67. The molecule has 0 aliphatic carbocycles. The van der Waals surface area contributed by atoms with Crippen molar-refractivity contribution in [1.29, 1.82) is 0 Å². The highest BCUT2D eigenvalue weighted by Gasteiger charge is 2.38. The number of piperidine rings is 1. The van der Waals surface area contributed by atoms with Gasteiger partial charge in [0, 0.05) is 16.0 Å². The summed E-state index contributed by atoms with van der Waals surface area (Å²) in [6.07, 6.45) is 3.90. The van der Waals surface area contributed by atoms with Gasteiger partial charge < -0.3 is 10.6 Å².